The third kappa shape index (κ3) is 60.3. The lowest BCUT2D eigenvalue weighted by molar-refractivity contribution is -0.586. The highest BCUT2D eigenvalue weighted by Crippen LogP contribution is 2.24. The van der Waals surface area contributed by atoms with Crippen molar-refractivity contribution in [2.75, 3.05) is 152 Å². The normalized spacial score (nSPS) is 9.37. The highest BCUT2D eigenvalue weighted by Gasteiger charge is 2.03. The number of rotatable bonds is 8. The van der Waals surface area contributed by atoms with Crippen LogP contribution in [0.25, 0.3) is 0 Å². The third-order valence-corrected chi connectivity index (χ3v) is 11.5. The summed E-state index contributed by atoms with van der Waals surface area (Å²) in [6.45, 7) is 0. The predicted octanol–water partition coefficient (Wildman–Crippen LogP) is -1.91. The zero-order chi connectivity index (χ0) is 84.1. The number of halogens is 4. The minimum Gasteiger partial charge on any atom is -0.786 e. The van der Waals surface area contributed by atoms with Gasteiger partial charge in [-0.2, -0.15) is 0 Å². The Labute approximate surface area is 625 Å². The van der Waals surface area contributed by atoms with Crippen LogP contribution in [-0.2, 0) is 18.3 Å². The second-order valence-electron chi connectivity index (χ2n) is 21.4. The number of hydrogen-bond acceptors (Lipinski definition) is 28. The Morgan fingerprint density at radius 2 is 0.269 bits per heavy atom. The van der Waals surface area contributed by atoms with E-state index in [-0.39, 0.29) is 0 Å². The third-order valence-electron chi connectivity index (χ3n) is 11.5. The zero-order valence-electron chi connectivity index (χ0n) is 61.4. The van der Waals surface area contributed by atoms with Crippen LogP contribution < -0.4 is 115 Å². The number of nitrogens with zero attached hydrogens (tertiary/aromatic N) is 24. The van der Waals surface area contributed by atoms with Crippen molar-refractivity contribution in [3.05, 3.63) is 196 Å². The molecule has 0 spiro atoms. The smallest absolute Gasteiger partial charge is 0.463 e. The molecule has 108 heavy (non-hydrogen) atoms. The molecule has 0 amide bonds. The first kappa shape index (κ1) is 102. The summed E-state index contributed by atoms with van der Waals surface area (Å²) in [6, 6.07) is 30.3. The van der Waals surface area contributed by atoms with Crippen molar-refractivity contribution >= 4 is 77.1 Å². The van der Waals surface area contributed by atoms with Gasteiger partial charge in [-0.1, -0.05) is 0 Å². The van der Waals surface area contributed by atoms with Crippen LogP contribution in [0.5, 0.6) is 0 Å². The second-order valence-corrected chi connectivity index (χ2v) is 24.8. The molecule has 0 atom stereocenters. The molecule has 8 aromatic heterocycles. The first-order valence-corrected chi connectivity index (χ1v) is 35.2. The molecule has 0 radical (unpaired) electrons. The quantitative estimate of drug-likeness (QED) is 0.0910. The molecule has 0 saturated carbocycles. The number of anilines is 8. The van der Waals surface area contributed by atoms with Crippen LogP contribution >= 0.6 is 31.6 Å². The Hall–Kier alpha value is -12.2. The second kappa shape index (κ2) is 54.5. The molecule has 44 heteroatoms. The van der Waals surface area contributed by atoms with Gasteiger partial charge in [-0.25, -0.2) is 16.8 Å². The standard InChI is InChI=1S/8C8H10N3.4FH2O3P/c8*1-10(2)8-3-5-11(7-9)6-4-8;4*1-5(2,3)4/h8*3-6H,1-2H3;4*(H2,2,3,4)/q8*+1;;;;/p-8. The van der Waals surface area contributed by atoms with Crippen molar-refractivity contribution < 1.29 is 111 Å². The molecule has 0 N–H and O–H groups in total. The van der Waals surface area contributed by atoms with Crippen molar-refractivity contribution in [2.45, 2.75) is 0 Å². The monoisotopic (exact) mass is 1580 g/mol. The van der Waals surface area contributed by atoms with E-state index >= 15 is 0 Å². The average molecular weight is 1580 g/mol. The summed E-state index contributed by atoms with van der Waals surface area (Å²) in [7, 11) is 8.87. The van der Waals surface area contributed by atoms with Gasteiger partial charge in [0.1, 0.15) is 131 Å². The van der Waals surface area contributed by atoms with E-state index in [1.165, 1.54) is 36.5 Å². The van der Waals surface area contributed by atoms with Crippen LogP contribution in [0.2, 0.25) is 0 Å². The van der Waals surface area contributed by atoms with Crippen LogP contribution in [0, 0.1) is 91.6 Å². The summed E-state index contributed by atoms with van der Waals surface area (Å²) in [5.41, 5.74) is 8.75. The Morgan fingerprint density at radius 1 is 0.213 bits per heavy atom. The van der Waals surface area contributed by atoms with Crippen LogP contribution in [0.15, 0.2) is 196 Å². The van der Waals surface area contributed by atoms with Gasteiger partial charge >= 0.3 is 49.5 Å². The Bertz CT molecular complexity index is 3590. The largest absolute Gasteiger partial charge is 0.786 e. The lowest BCUT2D eigenvalue weighted by atomic mass is 10.4. The highest BCUT2D eigenvalue weighted by molar-refractivity contribution is 7.43. The number of nitriles is 8. The van der Waals surface area contributed by atoms with E-state index < -0.39 is 31.6 Å². The molecule has 8 heterocycles. The molecular weight excluding hydrogens is 1500 g/mol. The Kier molecular flexibility index (Phi) is 51.5. The van der Waals surface area contributed by atoms with E-state index in [0.717, 1.165) is 45.5 Å². The molecule has 0 aliphatic heterocycles. The van der Waals surface area contributed by atoms with E-state index in [0.29, 0.717) is 0 Å². The minimum absolute atomic E-state index is 1.09. The van der Waals surface area contributed by atoms with E-state index in [2.05, 4.69) is 0 Å². The van der Waals surface area contributed by atoms with Gasteiger partial charge in [0.2, 0.25) is 0 Å². The summed E-state index contributed by atoms with van der Waals surface area (Å²) < 4.78 is 85.9. The van der Waals surface area contributed by atoms with Crippen molar-refractivity contribution in [1.29, 1.82) is 42.1 Å². The van der Waals surface area contributed by atoms with Gasteiger partial charge in [0.15, 0.2) is 42.1 Å². The molecule has 0 fully saturated rings. The molecule has 8 aromatic rings. The first-order chi connectivity index (χ1) is 49.9. The number of pyridine rings is 8. The molecule has 8 rings (SSSR count). The van der Waals surface area contributed by atoms with Crippen molar-refractivity contribution in [1.82, 2.24) is 0 Å². The zero-order valence-corrected chi connectivity index (χ0v) is 65.0. The average Bonchev–Trinajstić information content (AvgIpc) is 0.961. The summed E-state index contributed by atoms with van der Waals surface area (Å²) in [6.07, 6.45) is 43.6. The minimum atomic E-state index is -5.64. The van der Waals surface area contributed by atoms with Crippen LogP contribution in [0.4, 0.5) is 62.3 Å². The van der Waals surface area contributed by atoms with E-state index in [4.69, 9.17) is 99.5 Å². The maximum absolute atomic E-state index is 10.1. The van der Waals surface area contributed by atoms with Gasteiger partial charge < -0.3 is 96.6 Å². The highest BCUT2D eigenvalue weighted by atomic mass is 31.2. The van der Waals surface area contributed by atoms with Crippen molar-refractivity contribution in [3.63, 3.8) is 0 Å². The fraction of sp³-hybridized carbons (Fsp3) is 0.250. The van der Waals surface area contributed by atoms with Gasteiger partial charge in [-0.15, -0.1) is 36.5 Å². The molecular formula is C64H80F4N24O12P4. The molecule has 0 aromatic carbocycles. The predicted molar refractivity (Wildman–Crippen MR) is 371 cm³/mol. The molecule has 0 aliphatic rings. The summed E-state index contributed by atoms with van der Waals surface area (Å²) in [5, 5.41) is 67.7. The van der Waals surface area contributed by atoms with Gasteiger partial charge in [0, 0.05) is 255 Å². The Balaban J connectivity index is -0.000000553. The SMILES string of the molecule is CN(C)c1cc[n+](C#N)cc1.CN(C)c1cc[n+](C#N)cc1.CN(C)c1cc[n+](C#N)cc1.CN(C)c1cc[n+](C#N)cc1.CN(C)c1cc[n+](C#N)cc1.CN(C)c1cc[n+](C#N)cc1.CN(C)c1cc[n+](C#N)cc1.CN(C)c1cc[n+](C#N)cc1.O=P([O-])([O-])F.O=P([O-])([O-])F.O=P([O-])([O-])F.O=P([O-])([O-])F. The maximum Gasteiger partial charge on any atom is 0.463 e. The fourth-order valence-electron chi connectivity index (χ4n) is 6.27. The summed E-state index contributed by atoms with van der Waals surface area (Å²) >= 11 is 0. The Morgan fingerprint density at radius 3 is 0.306 bits per heavy atom. The lowest BCUT2D eigenvalue weighted by Gasteiger charge is -2.15. The van der Waals surface area contributed by atoms with E-state index in [9.17, 15) is 16.8 Å². The molecule has 0 unspecified atom stereocenters. The van der Waals surface area contributed by atoms with Crippen LogP contribution in [0.1, 0.15) is 0 Å². The van der Waals surface area contributed by atoms with Crippen molar-refractivity contribution in [3.8, 4) is 49.5 Å². The van der Waals surface area contributed by atoms with Gasteiger partial charge in [0.05, 0.1) is 0 Å². The summed E-state index contributed by atoms with van der Waals surface area (Å²) in [5.74, 6) is 0. The van der Waals surface area contributed by atoms with E-state index in [1.807, 2.05) is 299 Å². The maximum atomic E-state index is 10.1. The van der Waals surface area contributed by atoms with Gasteiger partial charge in [-0.3, -0.25) is 0 Å². The van der Waals surface area contributed by atoms with Crippen LogP contribution in [-0.4, -0.2) is 113 Å². The molecule has 0 bridgehead atoms. The number of aromatic nitrogens is 8. The fourth-order valence-corrected chi connectivity index (χ4v) is 6.27. The lowest BCUT2D eigenvalue weighted by Crippen LogP contribution is -2.26. The number of hydrogen-bond donors (Lipinski definition) is 0. The van der Waals surface area contributed by atoms with Crippen molar-refractivity contribution in [2.24, 2.45) is 0 Å². The topological polar surface area (TPSA) is 500 Å². The van der Waals surface area contributed by atoms with Crippen LogP contribution in [0.3, 0.4) is 0 Å². The molecule has 36 nitrogen and oxygen atoms in total. The summed E-state index contributed by atoms with van der Waals surface area (Å²) in [4.78, 5) is 83.4. The molecule has 0 aliphatic carbocycles. The first-order valence-electron chi connectivity index (χ1n) is 29.5. The van der Waals surface area contributed by atoms with E-state index in [1.54, 1.807) is 99.1 Å². The van der Waals surface area contributed by atoms with Gasteiger partial charge in [-0.05, 0) is 0 Å². The van der Waals surface area contributed by atoms with Gasteiger partial charge in [0.25, 0.3) is 0 Å². The molecule has 576 valence electrons. The molecule has 0 saturated heterocycles.